The van der Waals surface area contributed by atoms with Crippen LogP contribution >= 0.6 is 23.2 Å². The number of halogens is 2. The SMILES string of the molecule is CC(NC(=O)c1ccc(Cl)cc1Cl)c1nnc2ccccn12. The summed E-state index contributed by atoms with van der Waals surface area (Å²) in [6, 6.07) is 10.0. The van der Waals surface area contributed by atoms with Crippen molar-refractivity contribution in [3.63, 3.8) is 0 Å². The van der Waals surface area contributed by atoms with E-state index in [-0.39, 0.29) is 11.9 Å². The molecule has 0 radical (unpaired) electrons. The highest BCUT2D eigenvalue weighted by atomic mass is 35.5. The van der Waals surface area contributed by atoms with Crippen LogP contribution in [-0.4, -0.2) is 20.5 Å². The molecule has 0 saturated heterocycles. The average Bonchev–Trinajstić information content (AvgIpc) is 2.91. The van der Waals surface area contributed by atoms with E-state index >= 15 is 0 Å². The molecule has 22 heavy (non-hydrogen) atoms. The molecule has 7 heteroatoms. The van der Waals surface area contributed by atoms with Crippen molar-refractivity contribution in [3.05, 3.63) is 64.0 Å². The zero-order valence-corrected chi connectivity index (χ0v) is 13.1. The first-order chi connectivity index (χ1) is 10.6. The molecule has 0 bridgehead atoms. The molecule has 0 fully saturated rings. The first kappa shape index (κ1) is 14.8. The summed E-state index contributed by atoms with van der Waals surface area (Å²) in [5.41, 5.74) is 1.09. The van der Waals surface area contributed by atoms with Crippen molar-refractivity contribution >= 4 is 34.8 Å². The van der Waals surface area contributed by atoms with E-state index < -0.39 is 0 Å². The number of pyridine rings is 1. The molecule has 0 aliphatic heterocycles. The van der Waals surface area contributed by atoms with Crippen LogP contribution in [0.3, 0.4) is 0 Å². The van der Waals surface area contributed by atoms with Gasteiger partial charge in [-0.25, -0.2) is 0 Å². The van der Waals surface area contributed by atoms with Crippen molar-refractivity contribution < 1.29 is 4.79 Å². The van der Waals surface area contributed by atoms with Crippen LogP contribution in [0, 0.1) is 0 Å². The van der Waals surface area contributed by atoms with Crippen molar-refractivity contribution in [1.29, 1.82) is 0 Å². The van der Waals surface area contributed by atoms with Crippen LogP contribution in [0.1, 0.15) is 29.1 Å². The Balaban J connectivity index is 1.84. The lowest BCUT2D eigenvalue weighted by molar-refractivity contribution is 0.0938. The highest BCUT2D eigenvalue weighted by Gasteiger charge is 2.18. The first-order valence-corrected chi connectivity index (χ1v) is 7.37. The number of carbonyl (C=O) groups excluding carboxylic acids is 1. The normalized spacial score (nSPS) is 12.3. The lowest BCUT2D eigenvalue weighted by Gasteiger charge is -2.13. The van der Waals surface area contributed by atoms with Gasteiger partial charge in [0.15, 0.2) is 11.5 Å². The third kappa shape index (κ3) is 2.77. The van der Waals surface area contributed by atoms with Crippen molar-refractivity contribution in [2.75, 3.05) is 0 Å². The minimum absolute atomic E-state index is 0.290. The molecule has 5 nitrogen and oxygen atoms in total. The summed E-state index contributed by atoms with van der Waals surface area (Å²) in [7, 11) is 0. The van der Waals surface area contributed by atoms with Crippen LogP contribution in [0.2, 0.25) is 10.0 Å². The van der Waals surface area contributed by atoms with Gasteiger partial charge in [0.05, 0.1) is 16.6 Å². The van der Waals surface area contributed by atoms with Gasteiger partial charge in [-0.1, -0.05) is 29.3 Å². The summed E-state index contributed by atoms with van der Waals surface area (Å²) >= 11 is 11.9. The van der Waals surface area contributed by atoms with Crippen molar-refractivity contribution in [2.24, 2.45) is 0 Å². The van der Waals surface area contributed by atoms with Crippen molar-refractivity contribution in [2.45, 2.75) is 13.0 Å². The maximum atomic E-state index is 12.3. The number of hydrogen-bond acceptors (Lipinski definition) is 3. The molecule has 0 spiro atoms. The molecule has 3 aromatic rings. The molecule has 0 saturated carbocycles. The molecular weight excluding hydrogens is 323 g/mol. The maximum absolute atomic E-state index is 12.3. The molecule has 2 aromatic heterocycles. The Morgan fingerprint density at radius 3 is 2.82 bits per heavy atom. The van der Waals surface area contributed by atoms with E-state index in [4.69, 9.17) is 23.2 Å². The smallest absolute Gasteiger partial charge is 0.253 e. The fourth-order valence-corrected chi connectivity index (χ4v) is 2.66. The van der Waals surface area contributed by atoms with E-state index in [9.17, 15) is 4.79 Å². The van der Waals surface area contributed by atoms with Crippen LogP contribution in [0.4, 0.5) is 0 Å². The standard InChI is InChI=1S/C15H12Cl2N4O/c1-9(14-20-19-13-4-2-3-7-21(13)14)18-15(22)11-6-5-10(16)8-12(11)17/h2-9H,1H3,(H,18,22). The first-order valence-electron chi connectivity index (χ1n) is 6.62. The molecule has 0 aliphatic carbocycles. The van der Waals surface area contributed by atoms with Crippen LogP contribution in [0.5, 0.6) is 0 Å². The fraction of sp³-hybridized carbons (Fsp3) is 0.133. The summed E-state index contributed by atoms with van der Waals surface area (Å²) in [6.45, 7) is 1.84. The van der Waals surface area contributed by atoms with Crippen LogP contribution in [-0.2, 0) is 0 Å². The Hall–Kier alpha value is -2.11. The van der Waals surface area contributed by atoms with Gasteiger partial charge in [0.1, 0.15) is 0 Å². The lowest BCUT2D eigenvalue weighted by Crippen LogP contribution is -2.28. The average molecular weight is 335 g/mol. The monoisotopic (exact) mass is 334 g/mol. The molecule has 1 unspecified atom stereocenters. The van der Waals surface area contributed by atoms with E-state index in [1.54, 1.807) is 12.1 Å². The predicted octanol–water partition coefficient (Wildman–Crippen LogP) is 3.53. The summed E-state index contributed by atoms with van der Waals surface area (Å²) in [5.74, 6) is 0.357. The summed E-state index contributed by atoms with van der Waals surface area (Å²) in [5, 5.41) is 11.8. The zero-order valence-electron chi connectivity index (χ0n) is 11.6. The number of aromatic nitrogens is 3. The van der Waals surface area contributed by atoms with Gasteiger partial charge in [-0.2, -0.15) is 0 Å². The van der Waals surface area contributed by atoms with Gasteiger partial charge in [-0.3, -0.25) is 9.20 Å². The van der Waals surface area contributed by atoms with Gasteiger partial charge in [-0.15, -0.1) is 10.2 Å². The van der Waals surface area contributed by atoms with E-state index in [2.05, 4.69) is 15.5 Å². The minimum atomic E-state index is -0.323. The Morgan fingerprint density at radius 2 is 2.05 bits per heavy atom. The van der Waals surface area contributed by atoms with Gasteiger partial charge >= 0.3 is 0 Å². The Labute approximate surface area is 136 Å². The predicted molar refractivity (Wildman–Crippen MR) is 85.3 cm³/mol. The molecule has 2 heterocycles. The maximum Gasteiger partial charge on any atom is 0.253 e. The number of carbonyl (C=O) groups is 1. The van der Waals surface area contributed by atoms with E-state index in [0.717, 1.165) is 5.65 Å². The van der Waals surface area contributed by atoms with Crippen LogP contribution in [0.15, 0.2) is 42.6 Å². The Kier molecular flexibility index (Phi) is 4.00. The van der Waals surface area contributed by atoms with Crippen molar-refractivity contribution in [1.82, 2.24) is 19.9 Å². The molecule has 0 aliphatic rings. The van der Waals surface area contributed by atoms with E-state index in [1.807, 2.05) is 35.7 Å². The number of hydrogen-bond donors (Lipinski definition) is 1. The molecule has 1 N–H and O–H groups in total. The fourth-order valence-electron chi connectivity index (χ4n) is 2.17. The number of benzene rings is 1. The molecule has 1 aromatic carbocycles. The molecule has 1 atom stereocenters. The van der Waals surface area contributed by atoms with E-state index in [0.29, 0.717) is 21.4 Å². The third-order valence-corrected chi connectivity index (χ3v) is 3.80. The van der Waals surface area contributed by atoms with Crippen molar-refractivity contribution in [3.8, 4) is 0 Å². The highest BCUT2D eigenvalue weighted by molar-refractivity contribution is 6.36. The zero-order chi connectivity index (χ0) is 15.7. The van der Waals surface area contributed by atoms with Gasteiger partial charge in [0.2, 0.25) is 0 Å². The Bertz CT molecular complexity index is 846. The largest absolute Gasteiger partial charge is 0.342 e. The second-order valence-electron chi connectivity index (χ2n) is 4.81. The second-order valence-corrected chi connectivity index (χ2v) is 5.65. The Morgan fingerprint density at radius 1 is 1.23 bits per heavy atom. The second kappa shape index (κ2) is 5.94. The van der Waals surface area contributed by atoms with E-state index in [1.165, 1.54) is 6.07 Å². The summed E-state index contributed by atoms with van der Waals surface area (Å²) in [6.07, 6.45) is 1.85. The van der Waals surface area contributed by atoms with Crippen LogP contribution in [0.25, 0.3) is 5.65 Å². The number of nitrogens with one attached hydrogen (secondary N) is 1. The lowest BCUT2D eigenvalue weighted by atomic mass is 10.2. The molecule has 3 rings (SSSR count). The number of nitrogens with zero attached hydrogens (tertiary/aromatic N) is 3. The highest BCUT2D eigenvalue weighted by Crippen LogP contribution is 2.22. The quantitative estimate of drug-likeness (QED) is 0.797. The topological polar surface area (TPSA) is 59.3 Å². The number of amides is 1. The van der Waals surface area contributed by atoms with Gasteiger partial charge in [0, 0.05) is 11.2 Å². The van der Waals surface area contributed by atoms with Gasteiger partial charge in [-0.05, 0) is 37.3 Å². The van der Waals surface area contributed by atoms with Gasteiger partial charge < -0.3 is 5.32 Å². The number of fused-ring (bicyclic) bond motifs is 1. The minimum Gasteiger partial charge on any atom is -0.342 e. The molecular formula is C15H12Cl2N4O. The summed E-state index contributed by atoms with van der Waals surface area (Å²) < 4.78 is 1.83. The molecule has 112 valence electrons. The van der Waals surface area contributed by atoms with Crippen LogP contribution < -0.4 is 5.32 Å². The van der Waals surface area contributed by atoms with Gasteiger partial charge in [0.25, 0.3) is 5.91 Å². The number of rotatable bonds is 3. The summed E-state index contributed by atoms with van der Waals surface area (Å²) in [4.78, 5) is 12.3. The third-order valence-electron chi connectivity index (χ3n) is 3.25. The molecule has 1 amide bonds.